The van der Waals surface area contributed by atoms with E-state index in [1.165, 1.54) is 0 Å². The Balaban J connectivity index is 1.83. The average molecular weight is 302 g/mol. The Morgan fingerprint density at radius 3 is 2.59 bits per heavy atom. The summed E-state index contributed by atoms with van der Waals surface area (Å²) in [5, 5.41) is 0.983. The van der Waals surface area contributed by atoms with E-state index in [9.17, 15) is 4.79 Å². The molecule has 5 heteroatoms. The molecular weight excluding hydrogens is 280 g/mol. The van der Waals surface area contributed by atoms with Crippen molar-refractivity contribution in [1.82, 2.24) is 9.47 Å². The second-order valence-electron chi connectivity index (χ2n) is 5.96. The van der Waals surface area contributed by atoms with Gasteiger partial charge in [-0.1, -0.05) is 18.2 Å². The molecule has 3 rings (SSSR count). The monoisotopic (exact) mass is 302 g/mol. The van der Waals surface area contributed by atoms with Crippen LogP contribution in [0.4, 0.5) is 0 Å². The van der Waals surface area contributed by atoms with Gasteiger partial charge in [0.1, 0.15) is 0 Å². The lowest BCUT2D eigenvalue weighted by molar-refractivity contribution is -0.206. The largest absolute Gasteiger partial charge is 0.349 e. The Kier molecular flexibility index (Phi) is 4.29. The predicted molar refractivity (Wildman–Crippen MR) is 85.2 cm³/mol. The molecule has 1 saturated heterocycles. The van der Waals surface area contributed by atoms with Gasteiger partial charge in [0.2, 0.25) is 0 Å². The third kappa shape index (κ3) is 2.67. The van der Waals surface area contributed by atoms with Crippen LogP contribution >= 0.6 is 0 Å². The molecule has 1 aromatic carbocycles. The highest BCUT2D eigenvalue weighted by molar-refractivity contribution is 5.99. The number of fused-ring (bicyclic) bond motifs is 1. The quantitative estimate of drug-likeness (QED) is 0.811. The van der Waals surface area contributed by atoms with Crippen LogP contribution in [0.2, 0.25) is 0 Å². The van der Waals surface area contributed by atoms with Gasteiger partial charge < -0.3 is 18.9 Å². The maximum absolute atomic E-state index is 11.4. The van der Waals surface area contributed by atoms with E-state index < -0.39 is 0 Å². The highest BCUT2D eigenvalue weighted by Crippen LogP contribution is 2.25. The van der Waals surface area contributed by atoms with Crippen LogP contribution in [0.15, 0.2) is 24.3 Å². The first-order valence-electron chi connectivity index (χ1n) is 7.54. The van der Waals surface area contributed by atoms with E-state index >= 15 is 0 Å². The molecule has 1 aliphatic heterocycles. The first kappa shape index (κ1) is 15.2. The zero-order chi connectivity index (χ0) is 15.7. The van der Waals surface area contributed by atoms with Gasteiger partial charge >= 0.3 is 0 Å². The number of para-hydroxylation sites is 1. The van der Waals surface area contributed by atoms with Crippen LogP contribution in [0.1, 0.15) is 16.1 Å². The third-order valence-electron chi connectivity index (χ3n) is 4.41. The molecule has 0 saturated carbocycles. The van der Waals surface area contributed by atoms with Gasteiger partial charge in [-0.25, -0.2) is 0 Å². The average Bonchev–Trinajstić information content (AvgIpc) is 2.80. The number of carbonyl (C=O) groups excluding carboxylic acids is 1. The summed E-state index contributed by atoms with van der Waals surface area (Å²) in [5.74, 6) is 0. The van der Waals surface area contributed by atoms with E-state index in [1.54, 1.807) is 0 Å². The van der Waals surface area contributed by atoms with Crippen molar-refractivity contribution in [1.29, 1.82) is 0 Å². The lowest BCUT2D eigenvalue weighted by Gasteiger charge is -2.33. The molecule has 2 heterocycles. The number of likely N-dealkylation sites (N-methyl/N-ethyl adjacent to an activating group) is 1. The van der Waals surface area contributed by atoms with Crippen LogP contribution in [-0.4, -0.2) is 55.4 Å². The molecule has 1 aliphatic rings. The van der Waals surface area contributed by atoms with Gasteiger partial charge in [0, 0.05) is 22.2 Å². The first-order chi connectivity index (χ1) is 10.6. The standard InChI is InChI=1S/C17H22N2O3/c1-12-15(9-20)14-6-4-5-7-16(14)19(12)8-17-21-10-13(11-22-17)18(2)3/h4-7,9,13,17H,8,10-11H2,1-3H3. The predicted octanol–water partition coefficient (Wildman–Crippen LogP) is 2.07. The van der Waals surface area contributed by atoms with Gasteiger partial charge in [-0.2, -0.15) is 0 Å². The fourth-order valence-corrected chi connectivity index (χ4v) is 2.93. The molecule has 0 atom stereocenters. The van der Waals surface area contributed by atoms with Gasteiger partial charge in [0.25, 0.3) is 0 Å². The van der Waals surface area contributed by atoms with E-state index in [0.29, 0.717) is 25.8 Å². The van der Waals surface area contributed by atoms with Crippen LogP contribution in [0.25, 0.3) is 10.9 Å². The number of hydrogen-bond donors (Lipinski definition) is 0. The minimum Gasteiger partial charge on any atom is -0.349 e. The minimum absolute atomic E-state index is 0.273. The number of aldehydes is 1. The Bertz CT molecular complexity index is 670. The van der Waals surface area contributed by atoms with Gasteiger partial charge in [0.05, 0.1) is 25.8 Å². The summed E-state index contributed by atoms with van der Waals surface area (Å²) >= 11 is 0. The molecule has 0 spiro atoms. The SMILES string of the molecule is Cc1c(C=O)c2ccccc2n1CC1OCC(N(C)C)CO1. The first-order valence-corrected chi connectivity index (χ1v) is 7.54. The Labute approximate surface area is 130 Å². The van der Waals surface area contributed by atoms with Crippen LogP contribution in [-0.2, 0) is 16.0 Å². The number of rotatable bonds is 4. The second-order valence-corrected chi connectivity index (χ2v) is 5.96. The number of benzene rings is 1. The zero-order valence-electron chi connectivity index (χ0n) is 13.3. The van der Waals surface area contributed by atoms with Crippen LogP contribution in [0, 0.1) is 6.92 Å². The highest BCUT2D eigenvalue weighted by Gasteiger charge is 2.25. The van der Waals surface area contributed by atoms with Crippen LogP contribution < -0.4 is 0 Å². The van der Waals surface area contributed by atoms with Crippen LogP contribution in [0.5, 0.6) is 0 Å². The van der Waals surface area contributed by atoms with Crippen molar-refractivity contribution in [3.63, 3.8) is 0 Å². The topological polar surface area (TPSA) is 43.7 Å². The van der Waals surface area contributed by atoms with Crippen LogP contribution in [0.3, 0.4) is 0 Å². The maximum atomic E-state index is 11.4. The molecule has 22 heavy (non-hydrogen) atoms. The summed E-state index contributed by atoms with van der Waals surface area (Å²) in [5.41, 5.74) is 2.75. The molecular formula is C17H22N2O3. The summed E-state index contributed by atoms with van der Waals surface area (Å²) in [4.78, 5) is 13.5. The molecule has 0 amide bonds. The second kappa shape index (κ2) is 6.20. The van der Waals surface area contributed by atoms with Gasteiger partial charge in [-0.15, -0.1) is 0 Å². The number of carbonyl (C=O) groups is 1. The lowest BCUT2D eigenvalue weighted by Crippen LogP contribution is -2.45. The van der Waals surface area contributed by atoms with Gasteiger partial charge in [0.15, 0.2) is 12.6 Å². The molecule has 0 aliphatic carbocycles. The fraction of sp³-hybridized carbons (Fsp3) is 0.471. The fourth-order valence-electron chi connectivity index (χ4n) is 2.93. The third-order valence-corrected chi connectivity index (χ3v) is 4.41. The van der Waals surface area contributed by atoms with Crippen molar-refractivity contribution in [2.45, 2.75) is 25.8 Å². The smallest absolute Gasteiger partial charge is 0.175 e. The molecule has 1 aromatic heterocycles. The maximum Gasteiger partial charge on any atom is 0.175 e. The van der Waals surface area contributed by atoms with Crippen molar-refractivity contribution in [3.8, 4) is 0 Å². The normalized spacial score (nSPS) is 22.4. The molecule has 0 bridgehead atoms. The Hall–Kier alpha value is -1.69. The Morgan fingerprint density at radius 1 is 1.27 bits per heavy atom. The van der Waals surface area contributed by atoms with Crippen molar-refractivity contribution in [3.05, 3.63) is 35.5 Å². The Morgan fingerprint density at radius 2 is 1.95 bits per heavy atom. The number of aromatic nitrogens is 1. The van der Waals surface area contributed by atoms with E-state index in [2.05, 4.69) is 9.47 Å². The van der Waals surface area contributed by atoms with E-state index in [0.717, 1.165) is 28.4 Å². The molecule has 5 nitrogen and oxygen atoms in total. The van der Waals surface area contributed by atoms with E-state index in [1.807, 2.05) is 45.3 Å². The van der Waals surface area contributed by atoms with E-state index in [-0.39, 0.29) is 6.29 Å². The van der Waals surface area contributed by atoms with Gasteiger partial charge in [-0.05, 0) is 27.1 Å². The molecule has 0 unspecified atom stereocenters. The summed E-state index contributed by atoms with van der Waals surface area (Å²) in [7, 11) is 4.05. The number of hydrogen-bond acceptors (Lipinski definition) is 4. The summed E-state index contributed by atoms with van der Waals surface area (Å²) < 4.78 is 13.8. The minimum atomic E-state index is -0.273. The number of ether oxygens (including phenoxy) is 2. The summed E-state index contributed by atoms with van der Waals surface area (Å²) in [6.07, 6.45) is 0.656. The zero-order valence-corrected chi connectivity index (χ0v) is 13.3. The van der Waals surface area contributed by atoms with Crippen molar-refractivity contribution >= 4 is 17.2 Å². The van der Waals surface area contributed by atoms with E-state index in [4.69, 9.17) is 9.47 Å². The number of nitrogens with zero attached hydrogens (tertiary/aromatic N) is 2. The molecule has 0 N–H and O–H groups in total. The molecule has 1 fully saturated rings. The van der Waals surface area contributed by atoms with Crippen molar-refractivity contribution in [2.75, 3.05) is 27.3 Å². The molecule has 2 aromatic rings. The van der Waals surface area contributed by atoms with Crippen molar-refractivity contribution < 1.29 is 14.3 Å². The summed E-state index contributed by atoms with van der Waals surface area (Å²) in [6.45, 7) is 3.89. The molecule has 0 radical (unpaired) electrons. The summed E-state index contributed by atoms with van der Waals surface area (Å²) in [6, 6.07) is 8.24. The van der Waals surface area contributed by atoms with Crippen molar-refractivity contribution in [2.24, 2.45) is 0 Å². The molecule has 118 valence electrons. The highest BCUT2D eigenvalue weighted by atomic mass is 16.7. The lowest BCUT2D eigenvalue weighted by atomic mass is 10.1. The van der Waals surface area contributed by atoms with Gasteiger partial charge in [-0.3, -0.25) is 4.79 Å².